The summed E-state index contributed by atoms with van der Waals surface area (Å²) in [5.74, 6) is 0.161. The molecule has 30 heavy (non-hydrogen) atoms. The van der Waals surface area contributed by atoms with E-state index < -0.39 is 5.41 Å². The van der Waals surface area contributed by atoms with Crippen LogP contribution in [-0.4, -0.2) is 40.4 Å². The van der Waals surface area contributed by atoms with E-state index in [-0.39, 0.29) is 5.91 Å². The van der Waals surface area contributed by atoms with Crippen LogP contribution in [0.3, 0.4) is 0 Å². The molecule has 1 saturated heterocycles. The van der Waals surface area contributed by atoms with E-state index in [2.05, 4.69) is 50.5 Å². The quantitative estimate of drug-likeness (QED) is 0.657. The first-order valence-electron chi connectivity index (χ1n) is 10.6. The van der Waals surface area contributed by atoms with Crippen LogP contribution >= 0.6 is 0 Å². The average molecular weight is 401 g/mol. The molecule has 1 aromatic carbocycles. The summed E-state index contributed by atoms with van der Waals surface area (Å²) in [5.41, 5.74) is 4.25. The molecule has 0 unspecified atom stereocenters. The molecule has 1 N–H and O–H groups in total. The van der Waals surface area contributed by atoms with Crippen LogP contribution in [-0.2, 0) is 17.8 Å². The first-order chi connectivity index (χ1) is 14.7. The molecular formula is C25H28N4O. The SMILES string of the molecule is CCNC(=O)[C@@]1(Cc2cccc(-c3cccnc3)c2)CCN(Cc2ccncc2)C1. The van der Waals surface area contributed by atoms with Gasteiger partial charge in [0, 0.05) is 44.4 Å². The number of nitrogens with one attached hydrogen (secondary N) is 1. The third kappa shape index (κ3) is 4.57. The Morgan fingerprint density at radius 3 is 2.63 bits per heavy atom. The van der Waals surface area contributed by atoms with Crippen molar-refractivity contribution in [1.82, 2.24) is 20.2 Å². The van der Waals surface area contributed by atoms with E-state index >= 15 is 0 Å². The van der Waals surface area contributed by atoms with Gasteiger partial charge in [0.05, 0.1) is 5.41 Å². The van der Waals surface area contributed by atoms with Crippen LogP contribution in [0.25, 0.3) is 11.1 Å². The number of hydrogen-bond donors (Lipinski definition) is 1. The molecule has 5 heteroatoms. The van der Waals surface area contributed by atoms with Crippen LogP contribution in [0.2, 0.25) is 0 Å². The highest BCUT2D eigenvalue weighted by atomic mass is 16.2. The molecule has 0 radical (unpaired) electrons. The fraction of sp³-hybridized carbons (Fsp3) is 0.320. The third-order valence-electron chi connectivity index (χ3n) is 5.87. The van der Waals surface area contributed by atoms with Crippen molar-refractivity contribution in [2.75, 3.05) is 19.6 Å². The zero-order chi connectivity index (χ0) is 20.8. The van der Waals surface area contributed by atoms with Crippen molar-refractivity contribution >= 4 is 5.91 Å². The van der Waals surface area contributed by atoms with Crippen molar-refractivity contribution in [2.24, 2.45) is 5.41 Å². The molecule has 1 aliphatic heterocycles. The second-order valence-corrected chi connectivity index (χ2v) is 8.07. The molecular weight excluding hydrogens is 372 g/mol. The van der Waals surface area contributed by atoms with Crippen LogP contribution in [0.1, 0.15) is 24.5 Å². The summed E-state index contributed by atoms with van der Waals surface area (Å²) >= 11 is 0. The second kappa shape index (κ2) is 9.18. The Hall–Kier alpha value is -3.05. The molecule has 3 aromatic rings. The van der Waals surface area contributed by atoms with Crippen molar-refractivity contribution < 1.29 is 4.79 Å². The summed E-state index contributed by atoms with van der Waals surface area (Å²) in [5, 5.41) is 3.09. The first-order valence-corrected chi connectivity index (χ1v) is 10.6. The maximum Gasteiger partial charge on any atom is 0.227 e. The monoisotopic (exact) mass is 400 g/mol. The van der Waals surface area contributed by atoms with Gasteiger partial charge in [-0.3, -0.25) is 19.7 Å². The molecule has 2 aromatic heterocycles. The minimum absolute atomic E-state index is 0.161. The molecule has 3 heterocycles. The second-order valence-electron chi connectivity index (χ2n) is 8.07. The average Bonchev–Trinajstić information content (AvgIpc) is 3.19. The highest BCUT2D eigenvalue weighted by Gasteiger charge is 2.44. The van der Waals surface area contributed by atoms with Crippen LogP contribution in [0.5, 0.6) is 0 Å². The zero-order valence-electron chi connectivity index (χ0n) is 17.4. The maximum atomic E-state index is 13.2. The molecule has 0 aliphatic carbocycles. The van der Waals surface area contributed by atoms with Gasteiger partial charge in [0.2, 0.25) is 5.91 Å². The number of hydrogen-bond acceptors (Lipinski definition) is 4. The number of likely N-dealkylation sites (tertiary alicyclic amines) is 1. The van der Waals surface area contributed by atoms with E-state index in [4.69, 9.17) is 0 Å². The predicted octanol–water partition coefficient (Wildman–Crippen LogP) is 3.71. The Balaban J connectivity index is 1.56. The lowest BCUT2D eigenvalue weighted by molar-refractivity contribution is -0.130. The minimum Gasteiger partial charge on any atom is -0.356 e. The van der Waals surface area contributed by atoms with Gasteiger partial charge in [-0.15, -0.1) is 0 Å². The zero-order valence-corrected chi connectivity index (χ0v) is 17.4. The Morgan fingerprint density at radius 2 is 1.87 bits per heavy atom. The van der Waals surface area contributed by atoms with Gasteiger partial charge in [-0.1, -0.05) is 30.3 Å². The van der Waals surface area contributed by atoms with E-state index in [0.29, 0.717) is 6.54 Å². The lowest BCUT2D eigenvalue weighted by Gasteiger charge is -2.28. The van der Waals surface area contributed by atoms with E-state index in [1.54, 1.807) is 6.20 Å². The predicted molar refractivity (Wildman–Crippen MR) is 119 cm³/mol. The molecule has 154 valence electrons. The summed E-state index contributed by atoms with van der Waals surface area (Å²) in [6, 6.07) is 16.6. The Kier molecular flexibility index (Phi) is 6.19. The molecule has 1 aliphatic rings. The highest BCUT2D eigenvalue weighted by Crippen LogP contribution is 2.36. The Labute approximate surface area is 178 Å². The molecule has 5 nitrogen and oxygen atoms in total. The lowest BCUT2D eigenvalue weighted by atomic mass is 9.79. The van der Waals surface area contributed by atoms with Crippen molar-refractivity contribution in [3.63, 3.8) is 0 Å². The summed E-state index contributed by atoms with van der Waals surface area (Å²) < 4.78 is 0. The van der Waals surface area contributed by atoms with Crippen LogP contribution in [0, 0.1) is 5.41 Å². The number of benzene rings is 1. The number of carbonyl (C=O) groups is 1. The Bertz CT molecular complexity index is 977. The Morgan fingerprint density at radius 1 is 1.03 bits per heavy atom. The van der Waals surface area contributed by atoms with Crippen molar-refractivity contribution in [3.05, 3.63) is 84.4 Å². The van der Waals surface area contributed by atoms with Crippen molar-refractivity contribution in [1.29, 1.82) is 0 Å². The van der Waals surface area contributed by atoms with E-state index in [1.165, 1.54) is 11.1 Å². The largest absolute Gasteiger partial charge is 0.356 e. The van der Waals surface area contributed by atoms with Crippen LogP contribution in [0.4, 0.5) is 0 Å². The number of carbonyl (C=O) groups excluding carboxylic acids is 1. The maximum absolute atomic E-state index is 13.2. The molecule has 1 atom stereocenters. The fourth-order valence-electron chi connectivity index (χ4n) is 4.38. The summed E-state index contributed by atoms with van der Waals surface area (Å²) in [7, 11) is 0. The summed E-state index contributed by atoms with van der Waals surface area (Å²) in [4.78, 5) is 23.9. The van der Waals surface area contributed by atoms with Gasteiger partial charge >= 0.3 is 0 Å². The van der Waals surface area contributed by atoms with E-state index in [0.717, 1.165) is 43.6 Å². The van der Waals surface area contributed by atoms with E-state index in [1.807, 2.05) is 43.7 Å². The van der Waals surface area contributed by atoms with Gasteiger partial charge in [0.1, 0.15) is 0 Å². The topological polar surface area (TPSA) is 58.1 Å². The first kappa shape index (κ1) is 20.2. The summed E-state index contributed by atoms with van der Waals surface area (Å²) in [6.07, 6.45) is 8.91. The number of aromatic nitrogens is 2. The van der Waals surface area contributed by atoms with E-state index in [9.17, 15) is 4.79 Å². The fourth-order valence-corrected chi connectivity index (χ4v) is 4.38. The van der Waals surface area contributed by atoms with Gasteiger partial charge in [-0.25, -0.2) is 0 Å². The van der Waals surface area contributed by atoms with Gasteiger partial charge in [0.15, 0.2) is 0 Å². The molecule has 0 saturated carbocycles. The standard InChI is InChI=1S/C25H28N4O/c1-2-28-24(30)25(10-14-29(19-25)18-20-8-12-26-13-9-20)16-21-5-3-6-22(15-21)23-7-4-11-27-17-23/h3-9,11-13,15,17H,2,10,14,16,18-19H2,1H3,(H,28,30)/t25-/m1/s1. The number of amides is 1. The lowest BCUT2D eigenvalue weighted by Crippen LogP contribution is -2.44. The smallest absolute Gasteiger partial charge is 0.227 e. The van der Waals surface area contributed by atoms with Gasteiger partial charge in [-0.2, -0.15) is 0 Å². The minimum atomic E-state index is -0.406. The highest BCUT2D eigenvalue weighted by molar-refractivity contribution is 5.83. The normalized spacial score (nSPS) is 19.0. The molecule has 1 fully saturated rings. The summed E-state index contributed by atoms with van der Waals surface area (Å²) in [6.45, 7) is 5.17. The van der Waals surface area contributed by atoms with Gasteiger partial charge in [-0.05, 0) is 66.8 Å². The molecule has 1 amide bonds. The van der Waals surface area contributed by atoms with Gasteiger partial charge in [0.25, 0.3) is 0 Å². The number of nitrogens with zero attached hydrogens (tertiary/aromatic N) is 3. The van der Waals surface area contributed by atoms with Crippen molar-refractivity contribution in [2.45, 2.75) is 26.3 Å². The molecule has 0 bridgehead atoms. The third-order valence-corrected chi connectivity index (χ3v) is 5.87. The molecule has 0 spiro atoms. The number of pyridine rings is 2. The van der Waals surface area contributed by atoms with Crippen molar-refractivity contribution in [3.8, 4) is 11.1 Å². The number of rotatable bonds is 7. The van der Waals surface area contributed by atoms with Gasteiger partial charge < -0.3 is 5.32 Å². The van der Waals surface area contributed by atoms with Crippen LogP contribution < -0.4 is 5.32 Å². The molecule has 4 rings (SSSR count). The van der Waals surface area contributed by atoms with Crippen LogP contribution in [0.15, 0.2) is 73.3 Å².